The van der Waals surface area contributed by atoms with Gasteiger partial charge in [0, 0.05) is 26.2 Å². The topological polar surface area (TPSA) is 83.6 Å². The quantitative estimate of drug-likeness (QED) is 0.656. The number of halogens is 1. The molecule has 0 aromatic heterocycles. The fraction of sp³-hybridized carbons (Fsp3) is 0.550. The molecule has 31 heavy (non-hydrogen) atoms. The summed E-state index contributed by atoms with van der Waals surface area (Å²) in [4.78, 5) is 28.9. The van der Waals surface area contributed by atoms with Crippen molar-refractivity contribution in [2.45, 2.75) is 20.0 Å². The van der Waals surface area contributed by atoms with Crippen LogP contribution in [0.25, 0.3) is 0 Å². The fourth-order valence-corrected chi connectivity index (χ4v) is 3.68. The van der Waals surface area contributed by atoms with Gasteiger partial charge in [-0.2, -0.15) is 0 Å². The molecule has 1 N–H and O–H groups in total. The Morgan fingerprint density at radius 1 is 1.23 bits per heavy atom. The molecule has 9 nitrogen and oxygen atoms in total. The number of carbonyl (C=O) groups excluding carboxylic acids is 2. The van der Waals surface area contributed by atoms with Gasteiger partial charge in [0.2, 0.25) is 0 Å². The average Bonchev–Trinajstić information content (AvgIpc) is 3.13. The molecule has 2 aliphatic rings. The van der Waals surface area contributed by atoms with Crippen LogP contribution in [-0.4, -0.2) is 80.8 Å². The summed E-state index contributed by atoms with van der Waals surface area (Å²) in [7, 11) is 0. The minimum atomic E-state index is -0.538. The maximum absolute atomic E-state index is 14.9. The van der Waals surface area contributed by atoms with Crippen LogP contribution in [0.2, 0.25) is 0 Å². The van der Waals surface area contributed by atoms with Crippen molar-refractivity contribution in [3.8, 4) is 0 Å². The SMILES string of the molecule is CCOC(=O)N1CCN(c2ccc(N3C[C@H](CNC(=S)OCC)OC3=O)cc2F)CC1. The van der Waals surface area contributed by atoms with Gasteiger partial charge in [0.1, 0.15) is 11.9 Å². The van der Waals surface area contributed by atoms with E-state index < -0.39 is 18.0 Å². The number of nitrogens with zero attached hydrogens (tertiary/aromatic N) is 3. The van der Waals surface area contributed by atoms with Crippen LogP contribution in [-0.2, 0) is 14.2 Å². The summed E-state index contributed by atoms with van der Waals surface area (Å²) >= 11 is 5.00. The van der Waals surface area contributed by atoms with Gasteiger partial charge in [-0.15, -0.1) is 0 Å². The first-order valence-electron chi connectivity index (χ1n) is 10.3. The van der Waals surface area contributed by atoms with Gasteiger partial charge < -0.3 is 29.3 Å². The summed E-state index contributed by atoms with van der Waals surface area (Å²) in [6.45, 7) is 6.84. The van der Waals surface area contributed by atoms with Crippen LogP contribution in [0.3, 0.4) is 0 Å². The maximum atomic E-state index is 14.9. The molecule has 0 spiro atoms. The van der Waals surface area contributed by atoms with Gasteiger partial charge in [0.25, 0.3) is 5.17 Å². The number of anilines is 2. The molecule has 2 heterocycles. The highest BCUT2D eigenvalue weighted by molar-refractivity contribution is 7.80. The van der Waals surface area contributed by atoms with Gasteiger partial charge in [-0.05, 0) is 44.3 Å². The van der Waals surface area contributed by atoms with Crippen LogP contribution >= 0.6 is 12.2 Å². The Balaban J connectivity index is 1.58. The average molecular weight is 455 g/mol. The number of thiocarbonyl (C=S) groups is 1. The van der Waals surface area contributed by atoms with Crippen LogP contribution in [0.15, 0.2) is 18.2 Å². The van der Waals surface area contributed by atoms with Crippen LogP contribution < -0.4 is 15.1 Å². The molecule has 1 aromatic rings. The van der Waals surface area contributed by atoms with Crippen molar-refractivity contribution in [1.29, 1.82) is 0 Å². The molecule has 3 rings (SSSR count). The molecule has 0 aliphatic carbocycles. The minimum Gasteiger partial charge on any atom is -0.471 e. The number of benzene rings is 1. The van der Waals surface area contributed by atoms with Crippen molar-refractivity contribution in [2.24, 2.45) is 0 Å². The van der Waals surface area contributed by atoms with Crippen molar-refractivity contribution in [1.82, 2.24) is 10.2 Å². The van der Waals surface area contributed by atoms with Crippen LogP contribution in [0.1, 0.15) is 13.8 Å². The molecular weight excluding hydrogens is 427 g/mol. The Bertz CT molecular complexity index is 819. The Morgan fingerprint density at radius 2 is 1.94 bits per heavy atom. The second-order valence-corrected chi connectivity index (χ2v) is 7.40. The number of ether oxygens (including phenoxy) is 3. The number of piperazine rings is 1. The zero-order valence-electron chi connectivity index (χ0n) is 17.6. The lowest BCUT2D eigenvalue weighted by Gasteiger charge is -2.35. The van der Waals surface area contributed by atoms with E-state index in [2.05, 4.69) is 5.32 Å². The first kappa shape index (κ1) is 22.9. The van der Waals surface area contributed by atoms with E-state index in [1.807, 2.05) is 11.8 Å². The minimum absolute atomic E-state index is 0.246. The van der Waals surface area contributed by atoms with E-state index in [0.29, 0.717) is 57.3 Å². The first-order valence-corrected chi connectivity index (χ1v) is 10.7. The number of amides is 2. The largest absolute Gasteiger partial charge is 0.471 e. The predicted octanol–water partition coefficient (Wildman–Crippen LogP) is 2.34. The molecule has 2 fully saturated rings. The molecule has 2 saturated heterocycles. The van der Waals surface area contributed by atoms with Crippen molar-refractivity contribution < 1.29 is 28.2 Å². The van der Waals surface area contributed by atoms with Gasteiger partial charge in [0.15, 0.2) is 0 Å². The van der Waals surface area contributed by atoms with Crippen molar-refractivity contribution in [3.05, 3.63) is 24.0 Å². The third-order valence-corrected chi connectivity index (χ3v) is 5.28. The monoisotopic (exact) mass is 454 g/mol. The van der Waals surface area contributed by atoms with Crippen LogP contribution in [0, 0.1) is 5.82 Å². The Hall–Kier alpha value is -2.82. The predicted molar refractivity (Wildman–Crippen MR) is 117 cm³/mol. The molecule has 11 heteroatoms. The summed E-state index contributed by atoms with van der Waals surface area (Å²) in [5.41, 5.74) is 0.853. The van der Waals surface area contributed by atoms with Gasteiger partial charge in [-0.25, -0.2) is 14.0 Å². The molecule has 1 atom stereocenters. The molecule has 2 aliphatic heterocycles. The highest BCUT2D eigenvalue weighted by Crippen LogP contribution is 2.28. The standard InChI is InChI=1S/C20H27FN4O5S/c1-3-28-18(31)22-12-15-13-25(20(27)30-15)14-5-6-17(16(21)11-14)23-7-9-24(10-8-23)19(26)29-4-2/h5-6,11,15H,3-4,7-10,12-13H2,1-2H3,(H,22,31)/t15-/m0/s1. The number of nitrogens with one attached hydrogen (secondary N) is 1. The lowest BCUT2D eigenvalue weighted by atomic mass is 10.2. The zero-order chi connectivity index (χ0) is 22.4. The summed E-state index contributed by atoms with van der Waals surface area (Å²) in [6, 6.07) is 4.67. The second-order valence-electron chi connectivity index (χ2n) is 7.03. The highest BCUT2D eigenvalue weighted by Gasteiger charge is 2.33. The van der Waals surface area contributed by atoms with Crippen molar-refractivity contribution in [3.63, 3.8) is 0 Å². The third-order valence-electron chi connectivity index (χ3n) is 5.01. The van der Waals surface area contributed by atoms with Gasteiger partial charge in [0.05, 0.1) is 37.7 Å². The first-order chi connectivity index (χ1) is 14.9. The van der Waals surface area contributed by atoms with Gasteiger partial charge in [-0.1, -0.05) is 0 Å². The Morgan fingerprint density at radius 3 is 2.58 bits per heavy atom. The summed E-state index contributed by atoms with van der Waals surface area (Å²) < 4.78 is 30.3. The number of hydrogen-bond donors (Lipinski definition) is 1. The lowest BCUT2D eigenvalue weighted by Crippen LogP contribution is -2.49. The molecule has 0 saturated carbocycles. The van der Waals surface area contributed by atoms with E-state index in [1.54, 1.807) is 24.0 Å². The van der Waals surface area contributed by atoms with E-state index in [1.165, 1.54) is 11.0 Å². The van der Waals surface area contributed by atoms with Gasteiger partial charge in [-0.3, -0.25) is 4.90 Å². The smallest absolute Gasteiger partial charge is 0.414 e. The van der Waals surface area contributed by atoms with E-state index in [0.717, 1.165) is 0 Å². The molecule has 0 unspecified atom stereocenters. The second kappa shape index (κ2) is 10.5. The summed E-state index contributed by atoms with van der Waals surface area (Å²) in [5.74, 6) is -0.436. The number of rotatable bonds is 6. The highest BCUT2D eigenvalue weighted by atomic mass is 32.1. The molecule has 1 aromatic carbocycles. The normalized spacial score (nSPS) is 18.6. The number of cyclic esters (lactones) is 1. The number of hydrogen-bond acceptors (Lipinski definition) is 7. The van der Waals surface area contributed by atoms with Crippen molar-refractivity contribution in [2.75, 3.05) is 62.3 Å². The molecular formula is C20H27FN4O5S. The van der Waals surface area contributed by atoms with Crippen molar-refractivity contribution >= 4 is 41.0 Å². The molecule has 2 amide bonds. The number of carbonyl (C=O) groups is 2. The van der Waals surface area contributed by atoms with E-state index in [9.17, 15) is 14.0 Å². The van der Waals surface area contributed by atoms with Crippen LogP contribution in [0.5, 0.6) is 0 Å². The molecule has 0 bridgehead atoms. The third kappa shape index (κ3) is 5.66. The van der Waals surface area contributed by atoms with Gasteiger partial charge >= 0.3 is 12.2 Å². The maximum Gasteiger partial charge on any atom is 0.414 e. The zero-order valence-corrected chi connectivity index (χ0v) is 18.5. The summed E-state index contributed by atoms with van der Waals surface area (Å²) in [5, 5.41) is 3.13. The summed E-state index contributed by atoms with van der Waals surface area (Å²) in [6.07, 6.45) is -1.31. The Labute approximate surface area is 186 Å². The van der Waals surface area contributed by atoms with E-state index >= 15 is 0 Å². The fourth-order valence-electron chi connectivity index (χ4n) is 3.48. The van der Waals surface area contributed by atoms with E-state index in [4.69, 9.17) is 26.4 Å². The lowest BCUT2D eigenvalue weighted by molar-refractivity contribution is 0.105. The molecule has 0 radical (unpaired) electrons. The van der Waals surface area contributed by atoms with E-state index in [-0.39, 0.29) is 17.8 Å². The van der Waals surface area contributed by atoms with Crippen LogP contribution in [0.4, 0.5) is 25.4 Å². The molecule has 170 valence electrons. The Kier molecular flexibility index (Phi) is 7.72.